The molecule has 1 unspecified atom stereocenters. The van der Waals surface area contributed by atoms with Gasteiger partial charge in [0.25, 0.3) is 0 Å². The molecule has 0 aliphatic carbocycles. The van der Waals surface area contributed by atoms with Crippen LogP contribution in [0.5, 0.6) is 0 Å². The third kappa shape index (κ3) is 6.73. The highest BCUT2D eigenvalue weighted by molar-refractivity contribution is 8.14. The largest absolute Gasteiger partial charge is 0.313 e. The van der Waals surface area contributed by atoms with Crippen molar-refractivity contribution >= 4 is 58.4 Å². The minimum absolute atomic E-state index is 0.0589. The third-order valence-corrected chi connectivity index (χ3v) is 5.81. The Kier molecular flexibility index (Phi) is 9.42. The van der Waals surface area contributed by atoms with Crippen LogP contribution in [0.1, 0.15) is 17.0 Å². The van der Waals surface area contributed by atoms with Crippen LogP contribution in [0.2, 0.25) is 5.02 Å². The number of nitrogens with two attached hydrogens (primary N) is 1. The predicted molar refractivity (Wildman–Crippen MR) is 139 cm³/mol. The normalized spacial score (nSPS) is 16.3. The molecule has 0 fully saturated rings. The van der Waals surface area contributed by atoms with Crippen LogP contribution in [0.3, 0.4) is 0 Å². The molecule has 11 heteroatoms. The van der Waals surface area contributed by atoms with Gasteiger partial charge in [0.2, 0.25) is 5.96 Å². The number of nitrogens with one attached hydrogen (secondary N) is 3. The van der Waals surface area contributed by atoms with Crippen molar-refractivity contribution in [3.63, 3.8) is 0 Å². The van der Waals surface area contributed by atoms with Crippen LogP contribution in [0.4, 0.5) is 0 Å². The van der Waals surface area contributed by atoms with E-state index in [0.717, 1.165) is 23.2 Å². The second kappa shape index (κ2) is 12.5. The van der Waals surface area contributed by atoms with Gasteiger partial charge in [-0.15, -0.1) is 0 Å². The Morgan fingerprint density at radius 1 is 1.28 bits per heavy atom. The lowest BCUT2D eigenvalue weighted by molar-refractivity contribution is 0.464. The first-order chi connectivity index (χ1) is 15.6. The number of hydrazone groups is 2. The molecule has 32 heavy (non-hydrogen) atoms. The van der Waals surface area contributed by atoms with Gasteiger partial charge in [-0.3, -0.25) is 15.3 Å². The number of nitrogens with zero attached hydrogens (tertiary/aromatic N) is 4. The molecule has 8 nitrogen and oxygen atoms in total. The molecule has 1 heterocycles. The minimum atomic E-state index is 0.0589. The second-order valence-electron chi connectivity index (χ2n) is 6.66. The van der Waals surface area contributed by atoms with Crippen molar-refractivity contribution in [2.45, 2.75) is 5.92 Å². The highest BCUT2D eigenvalue weighted by atomic mass is 35.5. The fraction of sp³-hybridized carbons (Fsp3) is 0.238. The Morgan fingerprint density at radius 2 is 2.03 bits per heavy atom. The van der Waals surface area contributed by atoms with Crippen LogP contribution in [0.15, 0.2) is 69.8 Å². The van der Waals surface area contributed by atoms with Gasteiger partial charge < -0.3 is 5.43 Å². The summed E-state index contributed by atoms with van der Waals surface area (Å²) in [4.78, 5) is 4.64. The zero-order valence-corrected chi connectivity index (χ0v) is 19.9. The third-order valence-electron chi connectivity index (χ3n) is 4.53. The number of guanidine groups is 1. The lowest BCUT2D eigenvalue weighted by atomic mass is 9.91. The van der Waals surface area contributed by atoms with Gasteiger partial charge in [0.05, 0.1) is 25.0 Å². The maximum absolute atomic E-state index is 8.00. The molecule has 0 aromatic heterocycles. The molecule has 0 radical (unpaired) electrons. The fourth-order valence-electron chi connectivity index (χ4n) is 3.08. The van der Waals surface area contributed by atoms with Gasteiger partial charge in [-0.25, -0.2) is 10.0 Å². The molecule has 3 rings (SSSR count). The molecule has 0 bridgehead atoms. The summed E-state index contributed by atoms with van der Waals surface area (Å²) in [5, 5.41) is 25.1. The Hall–Kier alpha value is -2.53. The molecule has 2 aromatic carbocycles. The quantitative estimate of drug-likeness (QED) is 0.156. The first-order valence-electron chi connectivity index (χ1n) is 9.86. The summed E-state index contributed by atoms with van der Waals surface area (Å²) >= 11 is 8.45. The van der Waals surface area contributed by atoms with Crippen molar-refractivity contribution in [1.29, 1.82) is 5.41 Å². The van der Waals surface area contributed by atoms with Crippen molar-refractivity contribution in [3.8, 4) is 0 Å². The number of halogens is 1. The molecule has 0 saturated carbocycles. The summed E-state index contributed by atoms with van der Waals surface area (Å²) in [5.41, 5.74) is 5.74. The number of rotatable bonds is 7. The molecule has 2 aromatic rings. The van der Waals surface area contributed by atoms with E-state index >= 15 is 0 Å². The smallest absolute Gasteiger partial charge is 0.225 e. The summed E-state index contributed by atoms with van der Waals surface area (Å²) in [6, 6.07) is 18.0. The molecule has 1 aliphatic rings. The Balaban J connectivity index is 1.89. The van der Waals surface area contributed by atoms with Gasteiger partial charge in [0, 0.05) is 35.7 Å². The maximum atomic E-state index is 8.00. The number of hydrogen-bond donors (Lipinski definition) is 4. The molecular formula is C21H25ClN8S2. The number of benzene rings is 2. The van der Waals surface area contributed by atoms with Crippen LogP contribution in [-0.4, -0.2) is 53.8 Å². The van der Waals surface area contributed by atoms with Gasteiger partial charge in [0.15, 0.2) is 0 Å². The molecule has 1 atom stereocenters. The molecule has 0 spiro atoms. The minimum Gasteiger partial charge on any atom is -0.313 e. The van der Waals surface area contributed by atoms with E-state index in [-0.39, 0.29) is 11.0 Å². The van der Waals surface area contributed by atoms with Crippen LogP contribution >= 0.6 is 35.5 Å². The van der Waals surface area contributed by atoms with Gasteiger partial charge in [-0.2, -0.15) is 10.2 Å². The molecule has 5 N–H and O–H groups in total. The van der Waals surface area contributed by atoms with Gasteiger partial charge in [-0.05, 0) is 23.3 Å². The van der Waals surface area contributed by atoms with E-state index in [0.29, 0.717) is 29.8 Å². The van der Waals surface area contributed by atoms with Gasteiger partial charge in [-0.1, -0.05) is 66.0 Å². The summed E-state index contributed by atoms with van der Waals surface area (Å²) < 4.78 is 3.15. The first kappa shape index (κ1) is 24.1. The number of hydrogen-bond acceptors (Lipinski definition) is 8. The number of aliphatic imine (C=N–C) groups is 1. The average Bonchev–Trinajstić information content (AvgIpc) is 3.26. The molecule has 1 aliphatic heterocycles. The van der Waals surface area contributed by atoms with Crippen molar-refractivity contribution in [2.75, 3.05) is 25.9 Å². The standard InChI is InChI=1S/C21H25ClN8S2/c1-25-27-13-19(23)32-29-21(26-11-12-31-24)30-14-18(15-5-3-2-4-6-15)20(28-30)16-7-9-17(22)10-8-16/h2-10,13,18,23,25H,11-12,14,24H2,1H3,(H,26,29)/b23-19?,27-13-. The lowest BCUT2D eigenvalue weighted by Crippen LogP contribution is -2.35. The highest BCUT2D eigenvalue weighted by Gasteiger charge is 2.31. The van der Waals surface area contributed by atoms with Crippen molar-refractivity contribution in [3.05, 3.63) is 70.7 Å². The van der Waals surface area contributed by atoms with E-state index < -0.39 is 0 Å². The van der Waals surface area contributed by atoms with E-state index in [1.54, 1.807) is 7.05 Å². The average molecular weight is 489 g/mol. The predicted octanol–water partition coefficient (Wildman–Crippen LogP) is 3.53. The Labute approximate surface area is 201 Å². The Morgan fingerprint density at radius 3 is 2.72 bits per heavy atom. The van der Waals surface area contributed by atoms with E-state index in [1.165, 1.54) is 23.7 Å². The van der Waals surface area contributed by atoms with Crippen molar-refractivity contribution in [2.24, 2.45) is 20.3 Å². The van der Waals surface area contributed by atoms with Crippen LogP contribution in [0, 0.1) is 5.41 Å². The first-order valence-corrected chi connectivity index (χ1v) is 12.1. The van der Waals surface area contributed by atoms with Crippen molar-refractivity contribution in [1.82, 2.24) is 15.2 Å². The topological polar surface area (TPSA) is 114 Å². The summed E-state index contributed by atoms with van der Waals surface area (Å²) in [6.45, 7) is 1.14. The maximum Gasteiger partial charge on any atom is 0.225 e. The van der Waals surface area contributed by atoms with Crippen LogP contribution in [-0.2, 0) is 0 Å². The summed E-state index contributed by atoms with van der Waals surface area (Å²) in [6.07, 6.45) is 1.42. The summed E-state index contributed by atoms with van der Waals surface area (Å²) in [5.74, 6) is 1.30. The van der Waals surface area contributed by atoms with E-state index in [2.05, 4.69) is 32.4 Å². The van der Waals surface area contributed by atoms with Crippen LogP contribution in [0.25, 0.3) is 0 Å². The summed E-state index contributed by atoms with van der Waals surface area (Å²) in [7, 11) is 1.68. The second-order valence-corrected chi connectivity index (χ2v) is 8.69. The fourth-order valence-corrected chi connectivity index (χ4v) is 3.88. The van der Waals surface area contributed by atoms with Gasteiger partial charge in [0.1, 0.15) is 5.04 Å². The van der Waals surface area contributed by atoms with Crippen molar-refractivity contribution < 1.29 is 0 Å². The lowest BCUT2D eigenvalue weighted by Gasteiger charge is -2.19. The zero-order valence-electron chi connectivity index (χ0n) is 17.5. The Bertz CT molecular complexity index is 979. The van der Waals surface area contributed by atoms with Gasteiger partial charge >= 0.3 is 0 Å². The highest BCUT2D eigenvalue weighted by Crippen LogP contribution is 2.29. The molecule has 0 saturated heterocycles. The molecule has 0 amide bonds. The monoisotopic (exact) mass is 488 g/mol. The SMILES string of the molecule is CN/N=C\C(=N)SNC(=NCCSN)N1CC(c2ccccc2)C(c2ccc(Cl)cc2)=N1. The van der Waals surface area contributed by atoms with Crippen LogP contribution < -0.4 is 15.3 Å². The zero-order chi connectivity index (χ0) is 22.8. The molecule has 168 valence electrons. The van der Waals surface area contributed by atoms with E-state index in [1.807, 2.05) is 47.5 Å². The molecular weight excluding hydrogens is 464 g/mol. The van der Waals surface area contributed by atoms with E-state index in [4.69, 9.17) is 27.3 Å². The van der Waals surface area contributed by atoms with E-state index in [9.17, 15) is 0 Å².